The molecule has 1 atom stereocenters. The molecule has 0 aliphatic rings. The molecule has 1 unspecified atom stereocenters. The molecule has 0 spiro atoms. The van der Waals surface area contributed by atoms with Gasteiger partial charge in [-0.3, -0.25) is 0 Å². The van der Waals surface area contributed by atoms with E-state index in [1.54, 1.807) is 6.07 Å². The first-order valence-electron chi connectivity index (χ1n) is 7.11. The summed E-state index contributed by atoms with van der Waals surface area (Å²) in [5, 5.41) is 4.82. The predicted octanol–water partition coefficient (Wildman–Crippen LogP) is 5.42. The lowest BCUT2D eigenvalue weighted by Crippen LogP contribution is -2.21. The minimum Gasteiger partial charge on any atom is -0.313 e. The molecule has 1 N–H and O–H groups in total. The molecule has 1 nitrogen and oxygen atoms in total. The fraction of sp³-hybridized carbons (Fsp3) is 0.333. The molecule has 2 rings (SSSR count). The molecule has 21 heavy (non-hydrogen) atoms. The third-order valence-electron chi connectivity index (χ3n) is 3.87. The van der Waals surface area contributed by atoms with Gasteiger partial charge in [0, 0.05) is 16.1 Å². The van der Waals surface area contributed by atoms with E-state index in [9.17, 15) is 0 Å². The Hall–Kier alpha value is -1.02. The molecule has 0 aliphatic carbocycles. The van der Waals surface area contributed by atoms with E-state index >= 15 is 0 Å². The molecular weight excluding hydrogens is 301 g/mol. The van der Waals surface area contributed by atoms with Crippen LogP contribution in [-0.2, 0) is 6.42 Å². The van der Waals surface area contributed by atoms with Crippen LogP contribution in [0.15, 0.2) is 30.3 Å². The number of benzene rings is 2. The van der Waals surface area contributed by atoms with E-state index in [0.29, 0.717) is 5.02 Å². The molecule has 0 radical (unpaired) electrons. The maximum Gasteiger partial charge on any atom is 0.0453 e. The maximum absolute atomic E-state index is 6.31. The highest BCUT2D eigenvalue weighted by atomic mass is 35.5. The van der Waals surface area contributed by atoms with Crippen LogP contribution in [0, 0.1) is 20.8 Å². The van der Waals surface area contributed by atoms with Crippen LogP contribution in [0.3, 0.4) is 0 Å². The first-order chi connectivity index (χ1) is 9.92. The Kier molecular flexibility index (Phi) is 5.32. The molecule has 0 aromatic heterocycles. The second-order valence-electron chi connectivity index (χ2n) is 5.59. The van der Waals surface area contributed by atoms with Crippen LogP contribution in [0.2, 0.25) is 10.0 Å². The van der Waals surface area contributed by atoms with Gasteiger partial charge in [0.15, 0.2) is 0 Å². The van der Waals surface area contributed by atoms with E-state index in [0.717, 1.165) is 17.0 Å². The summed E-state index contributed by atoms with van der Waals surface area (Å²) < 4.78 is 0. The summed E-state index contributed by atoms with van der Waals surface area (Å²) in [6.45, 7) is 6.47. The highest BCUT2D eigenvalue weighted by Gasteiger charge is 2.17. The van der Waals surface area contributed by atoms with E-state index in [-0.39, 0.29) is 6.04 Å². The summed E-state index contributed by atoms with van der Waals surface area (Å²) in [6.07, 6.45) is 0.844. The molecule has 112 valence electrons. The summed E-state index contributed by atoms with van der Waals surface area (Å²) in [5.41, 5.74) is 6.40. The van der Waals surface area contributed by atoms with Crippen LogP contribution in [0.25, 0.3) is 0 Å². The van der Waals surface area contributed by atoms with Gasteiger partial charge in [0.1, 0.15) is 0 Å². The van der Waals surface area contributed by atoms with Crippen molar-refractivity contribution < 1.29 is 0 Å². The molecule has 2 aromatic rings. The molecule has 2 aromatic carbocycles. The van der Waals surface area contributed by atoms with Crippen molar-refractivity contribution in [2.45, 2.75) is 33.2 Å². The molecule has 0 bridgehead atoms. The van der Waals surface area contributed by atoms with Crippen molar-refractivity contribution in [3.63, 3.8) is 0 Å². The Balaban J connectivity index is 2.37. The predicted molar refractivity (Wildman–Crippen MR) is 92.6 cm³/mol. The van der Waals surface area contributed by atoms with Crippen LogP contribution >= 0.6 is 23.2 Å². The van der Waals surface area contributed by atoms with E-state index in [2.05, 4.69) is 38.2 Å². The van der Waals surface area contributed by atoms with E-state index in [1.807, 2.05) is 19.2 Å². The van der Waals surface area contributed by atoms with Crippen LogP contribution in [0.1, 0.15) is 33.9 Å². The van der Waals surface area contributed by atoms with Crippen molar-refractivity contribution in [1.82, 2.24) is 5.32 Å². The fourth-order valence-electron chi connectivity index (χ4n) is 3.00. The van der Waals surface area contributed by atoms with Crippen molar-refractivity contribution in [1.29, 1.82) is 0 Å². The lowest BCUT2D eigenvalue weighted by Gasteiger charge is -2.22. The van der Waals surface area contributed by atoms with Crippen molar-refractivity contribution in [3.8, 4) is 0 Å². The van der Waals surface area contributed by atoms with Gasteiger partial charge in [0.2, 0.25) is 0 Å². The van der Waals surface area contributed by atoms with Gasteiger partial charge in [-0.15, -0.1) is 0 Å². The summed E-state index contributed by atoms with van der Waals surface area (Å²) in [5.74, 6) is 0. The van der Waals surface area contributed by atoms with Gasteiger partial charge in [0.25, 0.3) is 0 Å². The van der Waals surface area contributed by atoms with Gasteiger partial charge in [0.05, 0.1) is 0 Å². The Morgan fingerprint density at radius 1 is 1.00 bits per heavy atom. The monoisotopic (exact) mass is 321 g/mol. The smallest absolute Gasteiger partial charge is 0.0453 e. The Morgan fingerprint density at radius 2 is 1.62 bits per heavy atom. The maximum atomic E-state index is 6.31. The fourth-order valence-corrected chi connectivity index (χ4v) is 3.48. The largest absolute Gasteiger partial charge is 0.313 e. The molecule has 0 saturated carbocycles. The lowest BCUT2D eigenvalue weighted by molar-refractivity contribution is 0.585. The zero-order chi connectivity index (χ0) is 15.6. The molecular formula is C18H21Cl2N. The minimum atomic E-state index is 0.240. The van der Waals surface area contributed by atoms with Crippen molar-refractivity contribution >= 4 is 23.2 Å². The number of hydrogen-bond acceptors (Lipinski definition) is 1. The second-order valence-corrected chi connectivity index (χ2v) is 6.44. The van der Waals surface area contributed by atoms with E-state index in [4.69, 9.17) is 23.2 Å². The number of rotatable bonds is 4. The first kappa shape index (κ1) is 16.4. The highest BCUT2D eigenvalue weighted by molar-refractivity contribution is 6.35. The van der Waals surface area contributed by atoms with Crippen LogP contribution in [0.5, 0.6) is 0 Å². The van der Waals surface area contributed by atoms with Gasteiger partial charge in [-0.25, -0.2) is 0 Å². The average Bonchev–Trinajstić information content (AvgIpc) is 2.39. The Bertz CT molecular complexity index is 627. The zero-order valence-electron chi connectivity index (χ0n) is 12.9. The molecule has 0 saturated heterocycles. The minimum absolute atomic E-state index is 0.240. The zero-order valence-corrected chi connectivity index (χ0v) is 14.4. The van der Waals surface area contributed by atoms with E-state index in [1.165, 1.54) is 22.3 Å². The van der Waals surface area contributed by atoms with E-state index < -0.39 is 0 Å². The number of hydrogen-bond donors (Lipinski definition) is 1. The van der Waals surface area contributed by atoms with Gasteiger partial charge in [-0.05, 0) is 68.6 Å². The normalized spacial score (nSPS) is 12.5. The van der Waals surface area contributed by atoms with Gasteiger partial charge in [-0.1, -0.05) is 47.0 Å². The van der Waals surface area contributed by atoms with Crippen molar-refractivity contribution in [2.75, 3.05) is 7.05 Å². The third-order valence-corrected chi connectivity index (χ3v) is 4.46. The summed E-state index contributed by atoms with van der Waals surface area (Å²) in [4.78, 5) is 0. The number of likely N-dealkylation sites (N-methyl/N-ethyl adjacent to an activating group) is 1. The molecule has 0 aliphatic heterocycles. The third kappa shape index (κ3) is 3.79. The highest BCUT2D eigenvalue weighted by Crippen LogP contribution is 2.29. The first-order valence-corrected chi connectivity index (χ1v) is 7.87. The molecule has 3 heteroatoms. The van der Waals surface area contributed by atoms with Crippen molar-refractivity contribution in [2.24, 2.45) is 0 Å². The van der Waals surface area contributed by atoms with Gasteiger partial charge >= 0.3 is 0 Å². The van der Waals surface area contributed by atoms with Crippen molar-refractivity contribution in [3.05, 3.63) is 68.2 Å². The average molecular weight is 322 g/mol. The number of aryl methyl sites for hydroxylation is 3. The Morgan fingerprint density at radius 3 is 2.14 bits per heavy atom. The topological polar surface area (TPSA) is 12.0 Å². The van der Waals surface area contributed by atoms with Crippen LogP contribution in [-0.4, -0.2) is 7.05 Å². The Labute approximate surface area is 137 Å². The van der Waals surface area contributed by atoms with Gasteiger partial charge in [-0.2, -0.15) is 0 Å². The molecule has 0 amide bonds. The summed E-state index contributed by atoms with van der Waals surface area (Å²) >= 11 is 12.3. The van der Waals surface area contributed by atoms with Crippen LogP contribution < -0.4 is 5.32 Å². The van der Waals surface area contributed by atoms with Gasteiger partial charge < -0.3 is 5.32 Å². The molecule has 0 fully saturated rings. The number of nitrogens with one attached hydrogen (secondary N) is 1. The lowest BCUT2D eigenvalue weighted by atomic mass is 9.90. The standard InChI is InChI=1S/C18H21Cl2N/c1-11-7-12(2)18(13(3)8-11)17(21-4)9-14-5-6-15(19)10-16(14)20/h5-8,10,17,21H,9H2,1-4H3. The number of halogens is 2. The van der Waals surface area contributed by atoms with Crippen LogP contribution in [0.4, 0.5) is 0 Å². The SMILES string of the molecule is CNC(Cc1ccc(Cl)cc1Cl)c1c(C)cc(C)cc1C. The molecule has 0 heterocycles. The summed E-state index contributed by atoms with van der Waals surface area (Å²) in [6, 6.07) is 10.4. The second kappa shape index (κ2) is 6.83. The quantitative estimate of drug-likeness (QED) is 0.792. The summed E-state index contributed by atoms with van der Waals surface area (Å²) in [7, 11) is 1.99.